The summed E-state index contributed by atoms with van der Waals surface area (Å²) in [4.78, 5) is 0. The largest absolute Gasteiger partial charge is 0.396 e. The Morgan fingerprint density at radius 3 is 2.62 bits per heavy atom. The predicted octanol–water partition coefficient (Wildman–Crippen LogP) is 1.41. The smallest absolute Gasteiger partial charge is 0.0431 e. The van der Waals surface area contributed by atoms with E-state index in [0.717, 1.165) is 18.3 Å². The zero-order valence-electron chi connectivity index (χ0n) is 5.43. The maximum absolute atomic E-state index is 8.43. The van der Waals surface area contributed by atoms with Crippen molar-refractivity contribution in [1.82, 2.24) is 0 Å². The van der Waals surface area contributed by atoms with E-state index in [9.17, 15) is 0 Å². The molecule has 0 aromatic rings. The molecule has 2 atom stereocenters. The molecule has 0 radical (unpaired) electrons. The van der Waals surface area contributed by atoms with Crippen LogP contribution in [0.3, 0.4) is 0 Å². The van der Waals surface area contributed by atoms with Crippen molar-refractivity contribution in [2.24, 2.45) is 11.8 Å². The third kappa shape index (κ3) is 1.48. The highest BCUT2D eigenvalue weighted by molar-refractivity contribution is 4.81. The fourth-order valence-corrected chi connectivity index (χ4v) is 1.15. The highest BCUT2D eigenvalue weighted by Gasteiger charge is 2.31. The van der Waals surface area contributed by atoms with Crippen molar-refractivity contribution >= 4 is 0 Å². The van der Waals surface area contributed by atoms with Crippen LogP contribution < -0.4 is 0 Å². The van der Waals surface area contributed by atoms with Gasteiger partial charge in [0, 0.05) is 6.61 Å². The molecular formula is C7H14O. The van der Waals surface area contributed by atoms with Gasteiger partial charge >= 0.3 is 0 Å². The summed E-state index contributed by atoms with van der Waals surface area (Å²) in [7, 11) is 0. The number of hydrogen-bond donors (Lipinski definition) is 1. The van der Waals surface area contributed by atoms with Crippen LogP contribution in [0.25, 0.3) is 0 Å². The molecule has 0 amide bonds. The SMILES string of the molecule is C[C@@H]1C[C@H]1CCCO. The molecule has 1 N–H and O–H groups in total. The second-order valence-corrected chi connectivity index (χ2v) is 2.84. The van der Waals surface area contributed by atoms with Gasteiger partial charge in [0.1, 0.15) is 0 Å². The van der Waals surface area contributed by atoms with Crippen LogP contribution in [0.2, 0.25) is 0 Å². The first kappa shape index (κ1) is 6.09. The van der Waals surface area contributed by atoms with Crippen molar-refractivity contribution in [1.29, 1.82) is 0 Å². The van der Waals surface area contributed by atoms with E-state index in [1.54, 1.807) is 0 Å². The Morgan fingerprint density at radius 1 is 1.62 bits per heavy atom. The number of aliphatic hydroxyl groups is 1. The lowest BCUT2D eigenvalue weighted by Gasteiger charge is -1.90. The normalized spacial score (nSPS) is 35.2. The number of rotatable bonds is 3. The van der Waals surface area contributed by atoms with Crippen LogP contribution in [0.4, 0.5) is 0 Å². The predicted molar refractivity (Wildman–Crippen MR) is 33.6 cm³/mol. The lowest BCUT2D eigenvalue weighted by Crippen LogP contribution is -1.84. The fourth-order valence-electron chi connectivity index (χ4n) is 1.15. The first-order valence-corrected chi connectivity index (χ1v) is 3.45. The number of hydrogen-bond acceptors (Lipinski definition) is 1. The maximum atomic E-state index is 8.43. The van der Waals surface area contributed by atoms with Crippen molar-refractivity contribution in [3.63, 3.8) is 0 Å². The van der Waals surface area contributed by atoms with Gasteiger partial charge in [-0.3, -0.25) is 0 Å². The van der Waals surface area contributed by atoms with Gasteiger partial charge < -0.3 is 5.11 Å². The molecule has 0 saturated heterocycles. The van der Waals surface area contributed by atoms with Gasteiger partial charge in [-0.2, -0.15) is 0 Å². The lowest BCUT2D eigenvalue weighted by atomic mass is 10.2. The molecular weight excluding hydrogens is 100 g/mol. The van der Waals surface area contributed by atoms with Crippen LogP contribution >= 0.6 is 0 Å². The molecule has 0 aliphatic heterocycles. The Bertz CT molecular complexity index is 70.8. The van der Waals surface area contributed by atoms with Gasteiger partial charge in [0.15, 0.2) is 0 Å². The molecule has 48 valence electrons. The minimum absolute atomic E-state index is 0.378. The van der Waals surface area contributed by atoms with Crippen molar-refractivity contribution < 1.29 is 5.11 Å². The summed E-state index contributed by atoms with van der Waals surface area (Å²) < 4.78 is 0. The van der Waals surface area contributed by atoms with Crippen LogP contribution in [0, 0.1) is 11.8 Å². The Morgan fingerprint density at radius 2 is 2.25 bits per heavy atom. The molecule has 0 bridgehead atoms. The molecule has 0 aromatic carbocycles. The van der Waals surface area contributed by atoms with Crippen molar-refractivity contribution in [2.45, 2.75) is 26.2 Å². The fraction of sp³-hybridized carbons (Fsp3) is 1.00. The van der Waals surface area contributed by atoms with E-state index in [1.165, 1.54) is 12.8 Å². The van der Waals surface area contributed by atoms with Gasteiger partial charge in [-0.15, -0.1) is 0 Å². The number of aliphatic hydroxyl groups excluding tert-OH is 1. The van der Waals surface area contributed by atoms with E-state index < -0.39 is 0 Å². The average Bonchev–Trinajstić information content (AvgIpc) is 2.42. The summed E-state index contributed by atoms with van der Waals surface area (Å²) >= 11 is 0. The summed E-state index contributed by atoms with van der Waals surface area (Å²) in [5.41, 5.74) is 0. The molecule has 8 heavy (non-hydrogen) atoms. The average molecular weight is 114 g/mol. The molecule has 1 fully saturated rings. The molecule has 1 heteroatoms. The van der Waals surface area contributed by atoms with E-state index in [4.69, 9.17) is 5.11 Å². The lowest BCUT2D eigenvalue weighted by molar-refractivity contribution is 0.280. The molecule has 1 rings (SSSR count). The molecule has 0 heterocycles. The summed E-state index contributed by atoms with van der Waals surface area (Å²) in [6, 6.07) is 0. The standard InChI is InChI=1S/C7H14O/c1-6-5-7(6)3-2-4-8/h6-8H,2-5H2,1H3/t6-,7-/m1/s1. The summed E-state index contributed by atoms with van der Waals surface area (Å²) in [5, 5.41) is 8.43. The van der Waals surface area contributed by atoms with Crippen LogP contribution in [0.5, 0.6) is 0 Å². The first-order valence-electron chi connectivity index (χ1n) is 3.45. The third-order valence-corrected chi connectivity index (χ3v) is 2.01. The Kier molecular flexibility index (Phi) is 1.90. The van der Waals surface area contributed by atoms with Crippen LogP contribution in [-0.4, -0.2) is 11.7 Å². The zero-order chi connectivity index (χ0) is 5.98. The second-order valence-electron chi connectivity index (χ2n) is 2.84. The van der Waals surface area contributed by atoms with E-state index in [1.807, 2.05) is 0 Å². The molecule has 1 aliphatic rings. The van der Waals surface area contributed by atoms with E-state index in [-0.39, 0.29) is 0 Å². The Balaban J connectivity index is 1.89. The zero-order valence-corrected chi connectivity index (χ0v) is 5.43. The molecule has 0 aromatic heterocycles. The van der Waals surface area contributed by atoms with Gasteiger partial charge in [0.05, 0.1) is 0 Å². The van der Waals surface area contributed by atoms with Gasteiger partial charge in [-0.25, -0.2) is 0 Å². The van der Waals surface area contributed by atoms with Crippen molar-refractivity contribution in [3.8, 4) is 0 Å². The highest BCUT2D eigenvalue weighted by atomic mass is 16.2. The van der Waals surface area contributed by atoms with Crippen LogP contribution in [0.15, 0.2) is 0 Å². The van der Waals surface area contributed by atoms with E-state index >= 15 is 0 Å². The summed E-state index contributed by atoms with van der Waals surface area (Å²) in [5.74, 6) is 1.92. The van der Waals surface area contributed by atoms with Gasteiger partial charge in [0.25, 0.3) is 0 Å². The molecule has 1 aliphatic carbocycles. The van der Waals surface area contributed by atoms with Gasteiger partial charge in [0.2, 0.25) is 0 Å². The molecule has 1 saturated carbocycles. The highest BCUT2D eigenvalue weighted by Crippen LogP contribution is 2.40. The molecule has 0 spiro atoms. The second kappa shape index (κ2) is 2.49. The maximum Gasteiger partial charge on any atom is 0.0431 e. The molecule has 1 nitrogen and oxygen atoms in total. The van der Waals surface area contributed by atoms with Crippen molar-refractivity contribution in [3.05, 3.63) is 0 Å². The van der Waals surface area contributed by atoms with Crippen LogP contribution in [0.1, 0.15) is 26.2 Å². The van der Waals surface area contributed by atoms with Crippen LogP contribution in [-0.2, 0) is 0 Å². The Hall–Kier alpha value is -0.0400. The van der Waals surface area contributed by atoms with Gasteiger partial charge in [-0.1, -0.05) is 6.92 Å². The minimum atomic E-state index is 0.378. The Labute approximate surface area is 50.7 Å². The summed E-state index contributed by atoms with van der Waals surface area (Å²) in [6.45, 7) is 2.66. The monoisotopic (exact) mass is 114 g/mol. The van der Waals surface area contributed by atoms with E-state index in [0.29, 0.717) is 6.61 Å². The molecule has 0 unspecified atom stereocenters. The minimum Gasteiger partial charge on any atom is -0.396 e. The topological polar surface area (TPSA) is 20.2 Å². The van der Waals surface area contributed by atoms with E-state index in [2.05, 4.69) is 6.92 Å². The van der Waals surface area contributed by atoms with Crippen molar-refractivity contribution in [2.75, 3.05) is 6.61 Å². The third-order valence-electron chi connectivity index (χ3n) is 2.01. The quantitative estimate of drug-likeness (QED) is 0.588. The van der Waals surface area contributed by atoms with Gasteiger partial charge in [-0.05, 0) is 31.1 Å². The first-order chi connectivity index (χ1) is 3.84. The summed E-state index contributed by atoms with van der Waals surface area (Å²) in [6.07, 6.45) is 3.66.